The lowest BCUT2D eigenvalue weighted by molar-refractivity contribution is 1.28. The number of nitriles is 1. The van der Waals surface area contributed by atoms with Gasteiger partial charge in [0.05, 0.1) is 25.9 Å². The quantitative estimate of drug-likeness (QED) is 0.377. The van der Waals surface area contributed by atoms with E-state index < -0.39 is 0 Å². The number of nitrogens with one attached hydrogen (secondary N) is 1. The number of thiazole rings is 1. The lowest BCUT2D eigenvalue weighted by Gasteiger charge is -2.02. The van der Waals surface area contributed by atoms with Gasteiger partial charge in [0, 0.05) is 0 Å². The number of aliphatic imine (C=N–C) groups is 1. The molecule has 0 aliphatic rings. The Kier molecular flexibility index (Phi) is 4.07. The smallest absolute Gasteiger partial charge is 0.183 e. The van der Waals surface area contributed by atoms with Gasteiger partial charge in [-0.1, -0.05) is 23.4 Å². The third-order valence-corrected chi connectivity index (χ3v) is 4.24. The van der Waals surface area contributed by atoms with Crippen molar-refractivity contribution in [3.63, 3.8) is 0 Å². The molecule has 0 bridgehead atoms. The molecule has 0 aliphatic heterocycles. The summed E-state index contributed by atoms with van der Waals surface area (Å²) in [7, 11) is 0. The van der Waals surface area contributed by atoms with Crippen molar-refractivity contribution in [2.45, 2.75) is 6.92 Å². The highest BCUT2D eigenvalue weighted by atomic mass is 35.5. The normalized spacial score (nSPS) is 11.6. The van der Waals surface area contributed by atoms with E-state index in [1.54, 1.807) is 6.07 Å². The summed E-state index contributed by atoms with van der Waals surface area (Å²) in [5, 5.41) is 13.2. The highest BCUT2D eigenvalue weighted by Crippen LogP contribution is 2.36. The number of aromatic nitrogens is 1. The van der Waals surface area contributed by atoms with Crippen LogP contribution in [-0.2, 0) is 0 Å². The second kappa shape index (κ2) is 5.57. The van der Waals surface area contributed by atoms with Crippen LogP contribution in [0.25, 0.3) is 10.2 Å². The predicted molar refractivity (Wildman–Crippen MR) is 78.7 cm³/mol. The first kappa shape index (κ1) is 13.1. The van der Waals surface area contributed by atoms with Gasteiger partial charge in [0.25, 0.3) is 0 Å². The van der Waals surface area contributed by atoms with E-state index in [0.717, 1.165) is 15.2 Å². The highest BCUT2D eigenvalue weighted by Gasteiger charge is 2.09. The molecule has 2 rings (SSSR count). The van der Waals surface area contributed by atoms with E-state index in [1.165, 1.54) is 23.1 Å². The molecule has 0 aliphatic carbocycles. The molecular formula is C11H9ClN4S2. The summed E-state index contributed by atoms with van der Waals surface area (Å²) < 4.78 is 0.924. The number of nitrogens with zero attached hydrogens (tertiary/aromatic N) is 3. The number of aryl methyl sites for hydroxylation is 1. The average Bonchev–Trinajstić information content (AvgIpc) is 2.73. The molecule has 1 heterocycles. The van der Waals surface area contributed by atoms with Crippen LogP contribution in [0.15, 0.2) is 17.1 Å². The zero-order valence-corrected chi connectivity index (χ0v) is 12.1. The SMILES string of the molecule is CSC(=Nc1ccc2nc(C)sc2c1Cl)NC#N. The van der Waals surface area contributed by atoms with Crippen LogP contribution in [0.4, 0.5) is 5.69 Å². The molecule has 0 spiro atoms. The van der Waals surface area contributed by atoms with Crippen LogP contribution in [0.1, 0.15) is 5.01 Å². The van der Waals surface area contributed by atoms with Crippen molar-refractivity contribution in [3.8, 4) is 6.19 Å². The van der Waals surface area contributed by atoms with Gasteiger partial charge in [-0.05, 0) is 25.3 Å². The standard InChI is InChI=1S/C11H9ClN4S2/c1-6-15-8-4-3-7(9(12)10(8)18-6)16-11(17-2)14-5-13/h3-4H,1-2H3,(H,14,16). The maximum absolute atomic E-state index is 8.59. The maximum Gasteiger partial charge on any atom is 0.183 e. The van der Waals surface area contributed by atoms with Crippen LogP contribution in [0, 0.1) is 18.4 Å². The molecule has 0 unspecified atom stereocenters. The van der Waals surface area contributed by atoms with Crippen molar-refractivity contribution in [2.75, 3.05) is 6.26 Å². The lowest BCUT2D eigenvalue weighted by Crippen LogP contribution is -2.12. The topological polar surface area (TPSA) is 61.1 Å². The molecule has 7 heteroatoms. The molecule has 1 N–H and O–H groups in total. The molecule has 0 saturated carbocycles. The van der Waals surface area contributed by atoms with E-state index in [9.17, 15) is 0 Å². The van der Waals surface area contributed by atoms with Crippen molar-refractivity contribution < 1.29 is 0 Å². The van der Waals surface area contributed by atoms with E-state index in [4.69, 9.17) is 16.9 Å². The Morgan fingerprint density at radius 2 is 2.39 bits per heavy atom. The van der Waals surface area contributed by atoms with E-state index in [0.29, 0.717) is 15.9 Å². The zero-order valence-electron chi connectivity index (χ0n) is 9.69. The van der Waals surface area contributed by atoms with Crippen LogP contribution in [-0.4, -0.2) is 16.4 Å². The number of halogens is 1. The van der Waals surface area contributed by atoms with Gasteiger partial charge in [-0.2, -0.15) is 5.26 Å². The number of hydrogen-bond acceptors (Lipinski definition) is 5. The molecule has 0 radical (unpaired) electrons. The minimum atomic E-state index is 0.514. The fraction of sp³-hybridized carbons (Fsp3) is 0.182. The molecule has 2 aromatic rings. The third-order valence-electron chi connectivity index (χ3n) is 2.16. The predicted octanol–water partition coefficient (Wildman–Crippen LogP) is 3.68. The summed E-state index contributed by atoms with van der Waals surface area (Å²) in [6, 6.07) is 3.69. The molecule has 4 nitrogen and oxygen atoms in total. The van der Waals surface area contributed by atoms with Gasteiger partial charge in [0.15, 0.2) is 11.4 Å². The average molecular weight is 297 g/mol. The summed E-state index contributed by atoms with van der Waals surface area (Å²) >= 11 is 9.19. The fourth-order valence-electron chi connectivity index (χ4n) is 1.43. The third kappa shape index (κ3) is 2.58. The summed E-state index contributed by atoms with van der Waals surface area (Å²) in [6.45, 7) is 1.94. The highest BCUT2D eigenvalue weighted by molar-refractivity contribution is 8.13. The molecule has 92 valence electrons. The van der Waals surface area contributed by atoms with Gasteiger partial charge in [0.1, 0.15) is 0 Å². The Morgan fingerprint density at radius 3 is 3.06 bits per heavy atom. The number of fused-ring (bicyclic) bond motifs is 1. The van der Waals surface area contributed by atoms with Crippen molar-refractivity contribution in [3.05, 3.63) is 22.2 Å². The second-order valence-corrected chi connectivity index (χ2v) is 5.71. The molecule has 1 aromatic carbocycles. The van der Waals surface area contributed by atoms with Gasteiger partial charge in [-0.25, -0.2) is 9.98 Å². The molecule has 18 heavy (non-hydrogen) atoms. The van der Waals surface area contributed by atoms with Crippen molar-refractivity contribution >= 4 is 55.8 Å². The molecule has 0 fully saturated rings. The zero-order chi connectivity index (χ0) is 13.1. The van der Waals surface area contributed by atoms with E-state index >= 15 is 0 Å². The van der Waals surface area contributed by atoms with Crippen LogP contribution in [0.5, 0.6) is 0 Å². The van der Waals surface area contributed by atoms with E-state index in [2.05, 4.69) is 15.3 Å². The Morgan fingerprint density at radius 1 is 1.61 bits per heavy atom. The van der Waals surface area contributed by atoms with Crippen LogP contribution < -0.4 is 5.32 Å². The van der Waals surface area contributed by atoms with Crippen molar-refractivity contribution in [1.29, 1.82) is 5.26 Å². The van der Waals surface area contributed by atoms with Crippen LogP contribution >= 0.6 is 34.7 Å². The Hall–Kier alpha value is -1.29. The molecular weight excluding hydrogens is 288 g/mol. The van der Waals surface area contributed by atoms with Crippen LogP contribution in [0.2, 0.25) is 5.02 Å². The Balaban J connectivity index is 2.52. The monoisotopic (exact) mass is 296 g/mol. The second-order valence-electron chi connectivity index (χ2n) is 3.34. The van der Waals surface area contributed by atoms with Gasteiger partial charge < -0.3 is 0 Å². The van der Waals surface area contributed by atoms with Gasteiger partial charge in [0.2, 0.25) is 0 Å². The van der Waals surface area contributed by atoms with Gasteiger partial charge in [-0.3, -0.25) is 5.32 Å². The van der Waals surface area contributed by atoms with E-state index in [1.807, 2.05) is 25.4 Å². The molecule has 0 atom stereocenters. The first-order valence-electron chi connectivity index (χ1n) is 4.99. The summed E-state index contributed by atoms with van der Waals surface area (Å²) in [5.74, 6) is 0. The van der Waals surface area contributed by atoms with Crippen molar-refractivity contribution in [2.24, 2.45) is 4.99 Å². The molecule has 0 saturated heterocycles. The minimum absolute atomic E-state index is 0.514. The first-order valence-corrected chi connectivity index (χ1v) is 7.41. The first-order chi connectivity index (χ1) is 8.65. The van der Waals surface area contributed by atoms with Crippen molar-refractivity contribution in [1.82, 2.24) is 10.3 Å². The van der Waals surface area contributed by atoms with Crippen LogP contribution in [0.3, 0.4) is 0 Å². The number of thioether (sulfide) groups is 1. The summed E-state index contributed by atoms with van der Waals surface area (Å²) in [5.41, 5.74) is 1.51. The molecule has 0 amide bonds. The summed E-state index contributed by atoms with van der Waals surface area (Å²) in [4.78, 5) is 8.68. The number of rotatable bonds is 1. The largest absolute Gasteiger partial charge is 0.271 e. The number of amidine groups is 1. The van der Waals surface area contributed by atoms with Gasteiger partial charge in [-0.15, -0.1) is 11.3 Å². The molecule has 1 aromatic heterocycles. The Bertz CT molecular complexity index is 657. The Labute approximate surface area is 118 Å². The van der Waals surface area contributed by atoms with Gasteiger partial charge >= 0.3 is 0 Å². The maximum atomic E-state index is 8.59. The minimum Gasteiger partial charge on any atom is -0.271 e. The lowest BCUT2D eigenvalue weighted by atomic mass is 10.3. The fourth-order valence-corrected chi connectivity index (χ4v) is 2.94. The van der Waals surface area contributed by atoms with E-state index in [-0.39, 0.29) is 0 Å². The summed E-state index contributed by atoms with van der Waals surface area (Å²) in [6.07, 6.45) is 3.68. The number of hydrogen-bond donors (Lipinski definition) is 1. The number of benzene rings is 1.